The summed E-state index contributed by atoms with van der Waals surface area (Å²) in [5.74, 6) is -0.440. The van der Waals surface area contributed by atoms with E-state index >= 15 is 0 Å². The fourth-order valence-corrected chi connectivity index (χ4v) is 3.03. The van der Waals surface area contributed by atoms with Crippen molar-refractivity contribution in [3.63, 3.8) is 0 Å². The van der Waals surface area contributed by atoms with Crippen LogP contribution in [0.5, 0.6) is 0 Å². The monoisotopic (exact) mass is 345 g/mol. The Morgan fingerprint density at radius 3 is 2.78 bits per heavy atom. The number of rotatable bonds is 3. The van der Waals surface area contributed by atoms with Gasteiger partial charge in [-0.1, -0.05) is 0 Å². The zero-order valence-corrected chi connectivity index (χ0v) is 12.9. The Labute approximate surface area is 133 Å². The number of alkyl halides is 3. The van der Waals surface area contributed by atoms with Crippen molar-refractivity contribution in [3.05, 3.63) is 28.5 Å². The average Bonchev–Trinajstić information content (AvgIpc) is 3.08. The molecular weight excluding hydrogens is 331 g/mol. The van der Waals surface area contributed by atoms with Crippen molar-refractivity contribution in [1.29, 1.82) is 0 Å². The van der Waals surface area contributed by atoms with Crippen molar-refractivity contribution in [2.24, 2.45) is 5.73 Å². The molecule has 124 valence electrons. The van der Waals surface area contributed by atoms with E-state index in [0.717, 1.165) is 30.2 Å². The van der Waals surface area contributed by atoms with E-state index in [0.29, 0.717) is 4.68 Å². The number of thiazole rings is 1. The van der Waals surface area contributed by atoms with Gasteiger partial charge in [0.25, 0.3) is 5.91 Å². The Morgan fingerprint density at radius 1 is 1.48 bits per heavy atom. The molecule has 1 aliphatic carbocycles. The Bertz CT molecular complexity index is 738. The van der Waals surface area contributed by atoms with Crippen molar-refractivity contribution >= 4 is 17.2 Å². The summed E-state index contributed by atoms with van der Waals surface area (Å²) >= 11 is 0.925. The minimum absolute atomic E-state index is 0.00603. The van der Waals surface area contributed by atoms with E-state index in [-0.39, 0.29) is 28.6 Å². The standard InChI is InChI=1S/C13H14F3N5OS/c1-6-4-10(13(14,15)16)21(20-6)12-19-9(5-23-12)11(22)18-8-3-2-7(8)17/h4-5,7-8H,2-3,17H2,1H3,(H,18,22)/t7-,8+/m0/s1. The molecule has 10 heteroatoms. The van der Waals surface area contributed by atoms with Crippen LogP contribution in [-0.2, 0) is 6.18 Å². The molecule has 1 amide bonds. The van der Waals surface area contributed by atoms with Crippen molar-refractivity contribution in [2.75, 3.05) is 0 Å². The van der Waals surface area contributed by atoms with Gasteiger partial charge in [0.2, 0.25) is 5.13 Å². The van der Waals surface area contributed by atoms with E-state index in [1.165, 1.54) is 12.3 Å². The van der Waals surface area contributed by atoms with Gasteiger partial charge in [0.15, 0.2) is 5.69 Å². The van der Waals surface area contributed by atoms with Crippen LogP contribution < -0.4 is 11.1 Å². The zero-order valence-electron chi connectivity index (χ0n) is 12.1. The first-order valence-electron chi connectivity index (χ1n) is 6.92. The second-order valence-electron chi connectivity index (χ2n) is 5.42. The van der Waals surface area contributed by atoms with Crippen LogP contribution in [0.2, 0.25) is 0 Å². The third-order valence-corrected chi connectivity index (χ3v) is 4.49. The SMILES string of the molecule is Cc1cc(C(F)(F)F)n(-c2nc(C(=O)N[C@@H]3CC[C@@H]3N)cs2)n1. The van der Waals surface area contributed by atoms with E-state index in [2.05, 4.69) is 15.4 Å². The van der Waals surface area contributed by atoms with Gasteiger partial charge in [-0.05, 0) is 25.8 Å². The molecule has 2 aromatic rings. The van der Waals surface area contributed by atoms with E-state index in [1.54, 1.807) is 0 Å². The summed E-state index contributed by atoms with van der Waals surface area (Å²) in [7, 11) is 0. The maximum absolute atomic E-state index is 13.0. The molecule has 0 saturated heterocycles. The fourth-order valence-electron chi connectivity index (χ4n) is 2.26. The van der Waals surface area contributed by atoms with Gasteiger partial charge in [-0.3, -0.25) is 4.79 Å². The molecule has 2 atom stereocenters. The van der Waals surface area contributed by atoms with Gasteiger partial charge in [-0.2, -0.15) is 18.3 Å². The highest BCUT2D eigenvalue weighted by atomic mass is 32.1. The molecule has 0 aromatic carbocycles. The maximum atomic E-state index is 13.0. The number of carbonyl (C=O) groups excluding carboxylic acids is 1. The second-order valence-corrected chi connectivity index (χ2v) is 6.25. The Hall–Kier alpha value is -1.94. The Morgan fingerprint density at radius 2 is 2.22 bits per heavy atom. The molecule has 0 spiro atoms. The quantitative estimate of drug-likeness (QED) is 0.889. The van der Waals surface area contributed by atoms with Crippen LogP contribution in [0.4, 0.5) is 13.2 Å². The number of aryl methyl sites for hydroxylation is 1. The number of aromatic nitrogens is 3. The van der Waals surface area contributed by atoms with Crippen LogP contribution in [-0.4, -0.2) is 32.8 Å². The summed E-state index contributed by atoms with van der Waals surface area (Å²) in [6, 6.07) is 0.752. The van der Waals surface area contributed by atoms with Crippen molar-refractivity contribution < 1.29 is 18.0 Å². The summed E-state index contributed by atoms with van der Waals surface area (Å²) in [5, 5.41) is 7.94. The van der Waals surface area contributed by atoms with Gasteiger partial charge in [-0.25, -0.2) is 9.67 Å². The van der Waals surface area contributed by atoms with E-state index in [9.17, 15) is 18.0 Å². The van der Waals surface area contributed by atoms with Crippen LogP contribution in [0.3, 0.4) is 0 Å². The third kappa shape index (κ3) is 3.08. The molecule has 1 fully saturated rings. The number of halogens is 3. The molecule has 3 rings (SSSR count). The molecule has 2 aromatic heterocycles. The number of nitrogens with two attached hydrogens (primary N) is 1. The molecule has 3 N–H and O–H groups in total. The van der Waals surface area contributed by atoms with Crippen molar-refractivity contribution in [3.8, 4) is 5.13 Å². The molecule has 0 radical (unpaired) electrons. The normalized spacial score (nSPS) is 21.1. The molecule has 0 bridgehead atoms. The molecule has 6 nitrogen and oxygen atoms in total. The van der Waals surface area contributed by atoms with Gasteiger partial charge < -0.3 is 11.1 Å². The summed E-state index contributed by atoms with van der Waals surface area (Å²) in [5.41, 5.74) is 5.11. The van der Waals surface area contributed by atoms with Crippen molar-refractivity contribution in [2.45, 2.75) is 38.0 Å². The number of hydrogen-bond donors (Lipinski definition) is 2. The molecular formula is C13H14F3N5OS. The van der Waals surface area contributed by atoms with Crippen LogP contribution in [0, 0.1) is 6.92 Å². The summed E-state index contributed by atoms with van der Waals surface area (Å²) in [6.07, 6.45) is -2.91. The maximum Gasteiger partial charge on any atom is 0.433 e. The van der Waals surface area contributed by atoms with Gasteiger partial charge in [0.05, 0.1) is 5.69 Å². The number of nitrogens with one attached hydrogen (secondary N) is 1. The van der Waals surface area contributed by atoms with Gasteiger partial charge in [0.1, 0.15) is 5.69 Å². The van der Waals surface area contributed by atoms with Crippen LogP contribution in [0.1, 0.15) is 34.7 Å². The molecule has 23 heavy (non-hydrogen) atoms. The fraction of sp³-hybridized carbons (Fsp3) is 0.462. The smallest absolute Gasteiger partial charge is 0.346 e. The molecule has 0 unspecified atom stereocenters. The number of amides is 1. The first-order chi connectivity index (χ1) is 10.8. The minimum Gasteiger partial charge on any atom is -0.346 e. The number of carbonyl (C=O) groups is 1. The van der Waals surface area contributed by atoms with Gasteiger partial charge >= 0.3 is 6.18 Å². The second kappa shape index (κ2) is 5.60. The zero-order chi connectivity index (χ0) is 16.8. The summed E-state index contributed by atoms with van der Waals surface area (Å²) < 4.78 is 39.7. The highest BCUT2D eigenvalue weighted by molar-refractivity contribution is 7.12. The predicted molar refractivity (Wildman–Crippen MR) is 77.4 cm³/mol. The minimum atomic E-state index is -4.55. The number of nitrogens with zero attached hydrogens (tertiary/aromatic N) is 3. The Balaban J connectivity index is 1.83. The van der Waals surface area contributed by atoms with E-state index in [4.69, 9.17) is 5.73 Å². The molecule has 2 heterocycles. The number of hydrogen-bond acceptors (Lipinski definition) is 5. The lowest BCUT2D eigenvalue weighted by Gasteiger charge is -2.33. The average molecular weight is 345 g/mol. The largest absolute Gasteiger partial charge is 0.433 e. The highest BCUT2D eigenvalue weighted by Gasteiger charge is 2.37. The lowest BCUT2D eigenvalue weighted by molar-refractivity contribution is -0.142. The summed E-state index contributed by atoms with van der Waals surface area (Å²) in [6.45, 7) is 1.46. The molecule has 0 aliphatic heterocycles. The van der Waals surface area contributed by atoms with Crippen LogP contribution in [0.25, 0.3) is 5.13 Å². The molecule has 1 saturated carbocycles. The van der Waals surface area contributed by atoms with Gasteiger partial charge in [-0.15, -0.1) is 11.3 Å². The van der Waals surface area contributed by atoms with Crippen molar-refractivity contribution in [1.82, 2.24) is 20.1 Å². The van der Waals surface area contributed by atoms with Gasteiger partial charge in [0, 0.05) is 17.5 Å². The van der Waals surface area contributed by atoms with E-state index < -0.39 is 17.8 Å². The first-order valence-corrected chi connectivity index (χ1v) is 7.80. The first kappa shape index (κ1) is 15.9. The lowest BCUT2D eigenvalue weighted by Crippen LogP contribution is -2.54. The topological polar surface area (TPSA) is 85.8 Å². The lowest BCUT2D eigenvalue weighted by atomic mass is 9.87. The molecule has 1 aliphatic rings. The Kier molecular flexibility index (Phi) is 3.88. The van der Waals surface area contributed by atoms with E-state index in [1.807, 2.05) is 0 Å². The van der Waals surface area contributed by atoms with Crippen LogP contribution in [0.15, 0.2) is 11.4 Å². The third-order valence-electron chi connectivity index (χ3n) is 3.67. The predicted octanol–water partition coefficient (Wildman–Crippen LogP) is 1.88. The van der Waals surface area contributed by atoms with Crippen LogP contribution >= 0.6 is 11.3 Å². The highest BCUT2D eigenvalue weighted by Crippen LogP contribution is 2.32. The summed E-state index contributed by atoms with van der Waals surface area (Å²) in [4.78, 5) is 16.0.